The van der Waals surface area contributed by atoms with Gasteiger partial charge in [-0.25, -0.2) is 13.6 Å². The van der Waals surface area contributed by atoms with Crippen LogP contribution in [-0.4, -0.2) is 13.5 Å². The zero-order chi connectivity index (χ0) is 7.07. The first-order valence-corrected chi connectivity index (χ1v) is 4.13. The number of carbonyl (C=O) groups excluding carboxylic acids is 1. The average Bonchev–Trinajstić information content (AvgIpc) is 2.40. The Balaban J connectivity index is 2.73. The molecule has 0 atom stereocenters. The van der Waals surface area contributed by atoms with Crippen LogP contribution < -0.4 is 5.14 Å². The minimum atomic E-state index is -3.88. The normalized spacial score (nSPS) is 19.7. The summed E-state index contributed by atoms with van der Waals surface area (Å²) in [5, 5.41) is 3.74. The average molecular weight is 149 g/mol. The molecule has 0 heterocycles. The summed E-state index contributed by atoms with van der Waals surface area (Å²) in [5.74, 6) is -0.292. The third-order valence-corrected chi connectivity index (χ3v) is 2.09. The van der Waals surface area contributed by atoms with Crippen molar-refractivity contribution in [3.05, 3.63) is 0 Å². The molecule has 4 nitrogen and oxygen atoms in total. The molecule has 0 aliphatic heterocycles. The molecule has 0 aromatic heterocycles. The zero-order valence-electron chi connectivity index (χ0n) is 4.70. The van der Waals surface area contributed by atoms with E-state index in [1.54, 1.807) is 0 Å². The Kier molecular flexibility index (Phi) is 1.32. The molecular weight excluding hydrogens is 142 g/mol. The van der Waals surface area contributed by atoms with Crippen molar-refractivity contribution in [1.29, 1.82) is 0 Å². The summed E-state index contributed by atoms with van der Waals surface area (Å²) in [5.41, 5.74) is 0. The molecular formula is C4H7NO3S. The van der Waals surface area contributed by atoms with E-state index in [0.29, 0.717) is 12.8 Å². The highest BCUT2D eigenvalue weighted by Gasteiger charge is 2.36. The van der Waals surface area contributed by atoms with E-state index in [1.165, 1.54) is 0 Å². The quantitative estimate of drug-likeness (QED) is 0.530. The van der Waals surface area contributed by atoms with E-state index in [4.69, 9.17) is 0 Å². The Hall–Kier alpha value is -0.420. The molecule has 9 heavy (non-hydrogen) atoms. The predicted octanol–water partition coefficient (Wildman–Crippen LogP) is -0.788. The molecule has 1 aliphatic carbocycles. The van der Waals surface area contributed by atoms with E-state index in [2.05, 4.69) is 5.14 Å². The first kappa shape index (κ1) is 6.70. The molecule has 0 spiro atoms. The van der Waals surface area contributed by atoms with Crippen LogP contribution in [0.5, 0.6) is 0 Å². The lowest BCUT2D eigenvalue weighted by molar-refractivity contribution is -0.112. The summed E-state index contributed by atoms with van der Waals surface area (Å²) >= 11 is 0. The Bertz CT molecular complexity index is 226. The number of hydrogen-bond donors (Lipinski definition) is 1. The van der Waals surface area contributed by atoms with Gasteiger partial charge in [0.15, 0.2) is 0 Å². The van der Waals surface area contributed by atoms with Crippen molar-refractivity contribution in [2.24, 2.45) is 11.1 Å². The number of nitrogens with two attached hydrogens (primary N) is 1. The molecule has 0 radical (unpaired) electrons. The second-order valence-corrected chi connectivity index (χ2v) is 3.63. The SMILES string of the molecule is NS(=O)(=O)C(=O)C1CC1. The molecule has 0 aromatic carbocycles. The van der Waals surface area contributed by atoms with Crippen LogP contribution in [0, 0.1) is 5.92 Å². The highest BCUT2D eigenvalue weighted by molar-refractivity contribution is 8.04. The van der Waals surface area contributed by atoms with Crippen LogP contribution >= 0.6 is 0 Å². The van der Waals surface area contributed by atoms with Crippen molar-refractivity contribution in [2.75, 3.05) is 0 Å². The summed E-state index contributed by atoms with van der Waals surface area (Å²) in [4.78, 5) is 10.5. The van der Waals surface area contributed by atoms with Gasteiger partial charge in [-0.1, -0.05) is 0 Å². The van der Waals surface area contributed by atoms with Crippen LogP contribution in [0.15, 0.2) is 0 Å². The van der Waals surface area contributed by atoms with Crippen molar-refractivity contribution in [1.82, 2.24) is 0 Å². The summed E-state index contributed by atoms with van der Waals surface area (Å²) in [6.45, 7) is 0. The smallest absolute Gasteiger partial charge is 0.272 e. The maximum atomic E-state index is 10.5. The molecule has 0 saturated heterocycles. The van der Waals surface area contributed by atoms with E-state index in [9.17, 15) is 13.2 Å². The van der Waals surface area contributed by atoms with Gasteiger partial charge in [0.2, 0.25) is 0 Å². The van der Waals surface area contributed by atoms with Crippen molar-refractivity contribution < 1.29 is 13.2 Å². The molecule has 1 saturated carbocycles. The molecule has 2 N–H and O–H groups in total. The largest absolute Gasteiger partial charge is 0.280 e. The van der Waals surface area contributed by atoms with Crippen LogP contribution in [0.1, 0.15) is 12.8 Å². The van der Waals surface area contributed by atoms with Crippen LogP contribution in [0.3, 0.4) is 0 Å². The van der Waals surface area contributed by atoms with Crippen molar-refractivity contribution in [3.63, 3.8) is 0 Å². The van der Waals surface area contributed by atoms with Gasteiger partial charge in [0.1, 0.15) is 0 Å². The Morgan fingerprint density at radius 1 is 1.44 bits per heavy atom. The fourth-order valence-corrected chi connectivity index (χ4v) is 1.25. The Morgan fingerprint density at radius 2 is 1.89 bits per heavy atom. The molecule has 0 aromatic rings. The zero-order valence-corrected chi connectivity index (χ0v) is 5.52. The highest BCUT2D eigenvalue weighted by Crippen LogP contribution is 2.30. The van der Waals surface area contributed by atoms with Crippen LogP contribution in [0.4, 0.5) is 0 Å². The minimum absolute atomic E-state index is 0.292. The first-order valence-electron chi connectivity index (χ1n) is 2.58. The molecule has 1 aliphatic rings. The van der Waals surface area contributed by atoms with Gasteiger partial charge < -0.3 is 0 Å². The van der Waals surface area contributed by atoms with Crippen molar-refractivity contribution in [2.45, 2.75) is 12.8 Å². The lowest BCUT2D eigenvalue weighted by Gasteiger charge is -1.89. The maximum Gasteiger partial charge on any atom is 0.272 e. The fraction of sp³-hybridized carbons (Fsp3) is 0.750. The van der Waals surface area contributed by atoms with Gasteiger partial charge in [-0.3, -0.25) is 4.79 Å². The van der Waals surface area contributed by atoms with Crippen LogP contribution in [0.25, 0.3) is 0 Å². The second-order valence-electron chi connectivity index (χ2n) is 2.14. The molecule has 1 fully saturated rings. The number of hydrogen-bond acceptors (Lipinski definition) is 3. The highest BCUT2D eigenvalue weighted by atomic mass is 32.2. The van der Waals surface area contributed by atoms with Gasteiger partial charge >= 0.3 is 0 Å². The Morgan fingerprint density at radius 3 is 2.00 bits per heavy atom. The number of primary sulfonamides is 1. The molecule has 1 rings (SSSR count). The third kappa shape index (κ3) is 1.49. The van der Waals surface area contributed by atoms with Crippen LogP contribution in [-0.2, 0) is 14.8 Å². The first-order chi connectivity index (χ1) is 4.02. The van der Waals surface area contributed by atoms with E-state index in [-0.39, 0.29) is 5.92 Å². The van der Waals surface area contributed by atoms with Crippen molar-refractivity contribution >= 4 is 15.1 Å². The van der Waals surface area contributed by atoms with E-state index in [1.807, 2.05) is 0 Å². The van der Waals surface area contributed by atoms with Gasteiger partial charge in [0.05, 0.1) is 0 Å². The summed E-state index contributed by atoms with van der Waals surface area (Å²) in [6, 6.07) is 0. The maximum absolute atomic E-state index is 10.5. The summed E-state index contributed by atoms with van der Waals surface area (Å²) in [6.07, 6.45) is 1.35. The lowest BCUT2D eigenvalue weighted by Crippen LogP contribution is -2.24. The lowest BCUT2D eigenvalue weighted by atomic mass is 10.5. The van der Waals surface area contributed by atoms with E-state index >= 15 is 0 Å². The number of sulfonamides is 1. The van der Waals surface area contributed by atoms with Crippen LogP contribution in [0.2, 0.25) is 0 Å². The fourth-order valence-electron chi connectivity index (χ4n) is 0.551. The number of rotatable bonds is 1. The van der Waals surface area contributed by atoms with Crippen molar-refractivity contribution in [3.8, 4) is 0 Å². The van der Waals surface area contributed by atoms with E-state index in [0.717, 1.165) is 0 Å². The van der Waals surface area contributed by atoms with Gasteiger partial charge in [-0.2, -0.15) is 0 Å². The van der Waals surface area contributed by atoms with Gasteiger partial charge in [-0.05, 0) is 12.8 Å². The van der Waals surface area contributed by atoms with Gasteiger partial charge in [0, 0.05) is 5.92 Å². The standard InChI is InChI=1S/C4H7NO3S/c5-9(7,8)4(6)3-1-2-3/h3H,1-2H2,(H2,5,7,8). The summed E-state index contributed by atoms with van der Waals surface area (Å²) < 4.78 is 20.5. The van der Waals surface area contributed by atoms with Gasteiger partial charge in [-0.15, -0.1) is 0 Å². The van der Waals surface area contributed by atoms with E-state index < -0.39 is 15.1 Å². The third-order valence-electron chi connectivity index (χ3n) is 1.19. The molecule has 52 valence electrons. The molecule has 0 unspecified atom stereocenters. The van der Waals surface area contributed by atoms with Gasteiger partial charge in [0.25, 0.3) is 15.1 Å². The summed E-state index contributed by atoms with van der Waals surface area (Å²) in [7, 11) is -3.88. The molecule has 5 heteroatoms. The Labute approximate surface area is 53.1 Å². The minimum Gasteiger partial charge on any atom is -0.280 e. The molecule has 0 bridgehead atoms. The topological polar surface area (TPSA) is 77.2 Å². The monoisotopic (exact) mass is 149 g/mol. The number of carbonyl (C=O) groups is 1. The predicted molar refractivity (Wildman–Crippen MR) is 30.8 cm³/mol. The molecule has 0 amide bonds. The second kappa shape index (κ2) is 1.78.